The van der Waals surface area contributed by atoms with Gasteiger partial charge in [0.25, 0.3) is 5.91 Å². The van der Waals surface area contributed by atoms with Crippen LogP contribution in [0.2, 0.25) is 0 Å². The van der Waals surface area contributed by atoms with E-state index in [1.54, 1.807) is 4.90 Å². The average Bonchev–Trinajstić information content (AvgIpc) is 2.94. The topological polar surface area (TPSA) is 117 Å². The summed E-state index contributed by atoms with van der Waals surface area (Å²) in [5, 5.41) is 14.9. The van der Waals surface area contributed by atoms with Gasteiger partial charge in [0, 0.05) is 38.6 Å². The lowest BCUT2D eigenvalue weighted by atomic mass is 10.1. The summed E-state index contributed by atoms with van der Waals surface area (Å²) in [6.07, 6.45) is -1.18. The van der Waals surface area contributed by atoms with Crippen LogP contribution in [-0.2, 0) is 28.5 Å². The van der Waals surface area contributed by atoms with Gasteiger partial charge in [0.1, 0.15) is 18.5 Å². The smallest absolute Gasteiger partial charge is 0.418 e. The third-order valence-electron chi connectivity index (χ3n) is 6.85. The van der Waals surface area contributed by atoms with Crippen molar-refractivity contribution >= 4 is 17.7 Å². The largest absolute Gasteiger partial charge is 0.480 e. The fourth-order valence-electron chi connectivity index (χ4n) is 4.60. The number of aliphatic carboxylic acids is 1. The number of anilines is 1. The van der Waals surface area contributed by atoms with Crippen LogP contribution >= 0.6 is 0 Å². The molecular formula is C27H34F5N5O4. The Labute approximate surface area is 234 Å². The van der Waals surface area contributed by atoms with Crippen LogP contribution in [0.3, 0.4) is 0 Å². The van der Waals surface area contributed by atoms with Gasteiger partial charge in [-0.25, -0.2) is 18.6 Å². The molecule has 3 rings (SSSR count). The first-order chi connectivity index (χ1) is 19.5. The van der Waals surface area contributed by atoms with Crippen molar-refractivity contribution in [3.8, 4) is 0 Å². The van der Waals surface area contributed by atoms with E-state index in [0.29, 0.717) is 31.8 Å². The molecule has 0 saturated heterocycles. The molecule has 3 heterocycles. The van der Waals surface area contributed by atoms with Gasteiger partial charge in [-0.2, -0.15) is 13.2 Å². The zero-order valence-corrected chi connectivity index (χ0v) is 22.6. The number of unbranched alkanes of at least 4 members (excludes halogenated alkanes) is 1. The third-order valence-corrected chi connectivity index (χ3v) is 6.85. The van der Waals surface area contributed by atoms with Crippen molar-refractivity contribution in [3.63, 3.8) is 0 Å². The Morgan fingerprint density at radius 2 is 2.00 bits per heavy atom. The molecule has 0 spiro atoms. The fraction of sp³-hybridized carbons (Fsp3) is 0.556. The van der Waals surface area contributed by atoms with Crippen molar-refractivity contribution in [1.29, 1.82) is 0 Å². The molecule has 0 radical (unpaired) electrons. The highest BCUT2D eigenvalue weighted by atomic mass is 19.4. The molecule has 0 fully saturated rings. The molecule has 0 aromatic carbocycles. The van der Waals surface area contributed by atoms with E-state index in [-0.39, 0.29) is 19.5 Å². The van der Waals surface area contributed by atoms with E-state index in [1.165, 1.54) is 12.7 Å². The monoisotopic (exact) mass is 587 g/mol. The number of halogens is 5. The molecule has 2 atom stereocenters. The molecule has 9 nitrogen and oxygen atoms in total. The average molecular weight is 588 g/mol. The highest BCUT2D eigenvalue weighted by Gasteiger charge is 2.38. The van der Waals surface area contributed by atoms with Crippen LogP contribution < -0.4 is 10.6 Å². The van der Waals surface area contributed by atoms with E-state index in [2.05, 4.69) is 21.4 Å². The molecule has 41 heavy (non-hydrogen) atoms. The van der Waals surface area contributed by atoms with E-state index in [0.717, 1.165) is 37.3 Å². The minimum atomic E-state index is -5.08. The molecule has 14 heteroatoms. The minimum Gasteiger partial charge on any atom is -0.480 e. The molecule has 1 aliphatic rings. The SMILES string of the molecule is COC(CF)CN(CCCCc1ccc2c(n1)NCCC2)CCC(NC(=O)c1c(F)cncc1C(F)(F)F)C(=O)O. The normalized spacial score (nSPS) is 14.7. The first kappa shape index (κ1) is 32.1. The summed E-state index contributed by atoms with van der Waals surface area (Å²) in [5.74, 6) is -3.67. The number of methoxy groups -OCH3 is 1. The van der Waals surface area contributed by atoms with Crippen LogP contribution in [0.4, 0.5) is 27.8 Å². The van der Waals surface area contributed by atoms with Crippen molar-refractivity contribution < 1.29 is 41.4 Å². The van der Waals surface area contributed by atoms with E-state index < -0.39 is 53.8 Å². The molecule has 0 bridgehead atoms. The van der Waals surface area contributed by atoms with Gasteiger partial charge in [-0.1, -0.05) is 6.07 Å². The number of alkyl halides is 4. The van der Waals surface area contributed by atoms with Gasteiger partial charge >= 0.3 is 12.1 Å². The first-order valence-electron chi connectivity index (χ1n) is 13.3. The molecule has 2 aromatic heterocycles. The highest BCUT2D eigenvalue weighted by molar-refractivity contribution is 5.98. The molecule has 0 aliphatic carbocycles. The number of fused-ring (bicyclic) bond motifs is 1. The number of carboxylic acids is 1. The lowest BCUT2D eigenvalue weighted by Crippen LogP contribution is -2.45. The molecule has 0 saturated carbocycles. The lowest BCUT2D eigenvalue weighted by molar-refractivity contribution is -0.139. The van der Waals surface area contributed by atoms with E-state index >= 15 is 0 Å². The van der Waals surface area contributed by atoms with Crippen molar-refractivity contribution in [3.05, 3.63) is 52.7 Å². The van der Waals surface area contributed by atoms with Gasteiger partial charge in [0.15, 0.2) is 5.82 Å². The number of ether oxygens (including phenoxy) is 1. The van der Waals surface area contributed by atoms with Crippen LogP contribution in [0.5, 0.6) is 0 Å². The standard InChI is InChI=1S/C27H34F5N5O4/c1-41-19(13-28)16-37(11-3-2-6-18-8-7-17-5-4-10-34-24(17)35-18)12-9-22(26(39)40)36-25(38)23-20(27(30,31)32)14-33-15-21(23)29/h7-8,14-15,19,22H,2-6,9-13,16H2,1H3,(H,34,35)(H,36,38)(H,39,40). The Morgan fingerprint density at radius 1 is 1.22 bits per heavy atom. The number of nitrogens with zero attached hydrogens (tertiary/aromatic N) is 3. The maximum Gasteiger partial charge on any atom is 0.418 e. The number of pyridine rings is 2. The molecule has 3 N–H and O–H groups in total. The van der Waals surface area contributed by atoms with Gasteiger partial charge in [-0.05, 0) is 56.7 Å². The quantitative estimate of drug-likeness (QED) is 0.213. The summed E-state index contributed by atoms with van der Waals surface area (Å²) in [4.78, 5) is 34.0. The van der Waals surface area contributed by atoms with Crippen LogP contribution in [0.1, 0.15) is 52.9 Å². The number of hydrogen-bond donors (Lipinski definition) is 3. The third kappa shape index (κ3) is 9.32. The van der Waals surface area contributed by atoms with Crippen molar-refractivity contribution in [2.45, 2.75) is 56.8 Å². The van der Waals surface area contributed by atoms with Crippen molar-refractivity contribution in [1.82, 2.24) is 20.2 Å². The number of carbonyl (C=O) groups excluding carboxylic acids is 1. The number of rotatable bonds is 15. The van der Waals surface area contributed by atoms with Gasteiger partial charge in [-0.3, -0.25) is 9.78 Å². The summed E-state index contributed by atoms with van der Waals surface area (Å²) < 4.78 is 72.6. The molecular weight excluding hydrogens is 553 g/mol. The van der Waals surface area contributed by atoms with Crippen LogP contribution in [-0.4, -0.2) is 84.0 Å². The zero-order chi connectivity index (χ0) is 30.0. The predicted octanol–water partition coefficient (Wildman–Crippen LogP) is 3.88. The second-order valence-corrected chi connectivity index (χ2v) is 9.80. The Kier molecular flexibility index (Phi) is 11.8. The Balaban J connectivity index is 1.61. The summed E-state index contributed by atoms with van der Waals surface area (Å²) in [7, 11) is 1.35. The number of carboxylic acid groups (broad SMARTS) is 1. The number of aromatic nitrogens is 2. The summed E-state index contributed by atoms with van der Waals surface area (Å²) >= 11 is 0. The maximum absolute atomic E-state index is 14.2. The summed E-state index contributed by atoms with van der Waals surface area (Å²) in [6.45, 7) is 0.737. The Hall–Kier alpha value is -3.39. The molecule has 2 unspecified atom stereocenters. The van der Waals surface area contributed by atoms with Gasteiger partial charge in [-0.15, -0.1) is 0 Å². The number of nitrogens with one attached hydrogen (secondary N) is 2. The number of aryl methyl sites for hydroxylation is 2. The Morgan fingerprint density at radius 3 is 2.68 bits per heavy atom. The Bertz CT molecular complexity index is 1180. The second kappa shape index (κ2) is 15.0. The zero-order valence-electron chi connectivity index (χ0n) is 22.6. The van der Waals surface area contributed by atoms with E-state index in [1.807, 2.05) is 11.4 Å². The molecule has 226 valence electrons. The summed E-state index contributed by atoms with van der Waals surface area (Å²) in [5.41, 5.74) is -0.836. The molecule has 1 aliphatic heterocycles. The van der Waals surface area contributed by atoms with Crippen LogP contribution in [0, 0.1) is 5.82 Å². The second-order valence-electron chi connectivity index (χ2n) is 9.80. The summed E-state index contributed by atoms with van der Waals surface area (Å²) in [6, 6.07) is 2.43. The van der Waals surface area contributed by atoms with Crippen LogP contribution in [0.15, 0.2) is 24.5 Å². The fourth-order valence-corrected chi connectivity index (χ4v) is 4.60. The minimum absolute atomic E-state index is 0.0586. The molecule has 2 aromatic rings. The first-order valence-corrected chi connectivity index (χ1v) is 13.3. The van der Waals surface area contributed by atoms with E-state index in [4.69, 9.17) is 4.74 Å². The number of amides is 1. The van der Waals surface area contributed by atoms with Gasteiger partial charge in [0.05, 0.1) is 23.4 Å². The number of hydrogen-bond acceptors (Lipinski definition) is 7. The van der Waals surface area contributed by atoms with Gasteiger partial charge in [0.2, 0.25) is 0 Å². The lowest BCUT2D eigenvalue weighted by Gasteiger charge is -2.27. The van der Waals surface area contributed by atoms with Crippen molar-refractivity contribution in [2.75, 3.05) is 45.3 Å². The predicted molar refractivity (Wildman–Crippen MR) is 140 cm³/mol. The van der Waals surface area contributed by atoms with E-state index in [9.17, 15) is 36.6 Å². The van der Waals surface area contributed by atoms with Gasteiger partial charge < -0.3 is 25.4 Å². The van der Waals surface area contributed by atoms with Crippen LogP contribution in [0.25, 0.3) is 0 Å². The van der Waals surface area contributed by atoms with Crippen molar-refractivity contribution in [2.24, 2.45) is 0 Å². The number of carbonyl (C=O) groups is 2. The molecule has 1 amide bonds. The maximum atomic E-state index is 14.2. The highest BCUT2D eigenvalue weighted by Crippen LogP contribution is 2.32.